The van der Waals surface area contributed by atoms with Gasteiger partial charge in [0.15, 0.2) is 0 Å². The third kappa shape index (κ3) is 3.32. The molecule has 1 N–H and O–H groups in total. The first-order valence-corrected chi connectivity index (χ1v) is 4.70. The van der Waals surface area contributed by atoms with Crippen LogP contribution < -0.4 is 5.32 Å². The maximum absolute atomic E-state index is 11.2. The number of rotatable bonds is 4. The standard InChI is InChI=1S/C9H18N2O2/c1-7(2)13-9(12)6-11(3)8-4-10-5-8/h7-8,10H,4-6H2,1-3H3. The van der Waals surface area contributed by atoms with Gasteiger partial charge in [0, 0.05) is 19.1 Å². The van der Waals surface area contributed by atoms with Crippen LogP contribution in [0.5, 0.6) is 0 Å². The third-order valence-corrected chi connectivity index (χ3v) is 2.13. The summed E-state index contributed by atoms with van der Waals surface area (Å²) in [6.07, 6.45) is -0.0135. The molecule has 1 saturated heterocycles. The topological polar surface area (TPSA) is 41.6 Å². The Morgan fingerprint density at radius 1 is 1.62 bits per heavy atom. The summed E-state index contributed by atoms with van der Waals surface area (Å²) >= 11 is 0. The molecule has 0 amide bonds. The van der Waals surface area contributed by atoms with Gasteiger partial charge in [0.05, 0.1) is 12.6 Å². The van der Waals surface area contributed by atoms with Crippen LogP contribution in [-0.4, -0.2) is 49.7 Å². The fourth-order valence-corrected chi connectivity index (χ4v) is 1.22. The Morgan fingerprint density at radius 2 is 2.23 bits per heavy atom. The lowest BCUT2D eigenvalue weighted by atomic mass is 10.1. The Balaban J connectivity index is 2.18. The van der Waals surface area contributed by atoms with Crippen LogP contribution in [0.25, 0.3) is 0 Å². The van der Waals surface area contributed by atoms with E-state index in [2.05, 4.69) is 5.32 Å². The van der Waals surface area contributed by atoms with Gasteiger partial charge in [-0.05, 0) is 20.9 Å². The number of hydrogen-bond acceptors (Lipinski definition) is 4. The Kier molecular flexibility index (Phi) is 3.69. The van der Waals surface area contributed by atoms with E-state index in [0.29, 0.717) is 12.6 Å². The zero-order valence-electron chi connectivity index (χ0n) is 8.54. The van der Waals surface area contributed by atoms with Crippen LogP contribution in [0.15, 0.2) is 0 Å². The highest BCUT2D eigenvalue weighted by molar-refractivity contribution is 5.71. The number of ether oxygens (including phenoxy) is 1. The van der Waals surface area contributed by atoms with Crippen molar-refractivity contribution in [3.63, 3.8) is 0 Å². The minimum absolute atomic E-state index is 0.0135. The van der Waals surface area contributed by atoms with Crippen molar-refractivity contribution < 1.29 is 9.53 Å². The maximum Gasteiger partial charge on any atom is 0.320 e. The van der Waals surface area contributed by atoms with Crippen LogP contribution >= 0.6 is 0 Å². The van der Waals surface area contributed by atoms with Crippen LogP contribution in [0.3, 0.4) is 0 Å². The molecule has 0 spiro atoms. The fraction of sp³-hybridized carbons (Fsp3) is 0.889. The van der Waals surface area contributed by atoms with Crippen molar-refractivity contribution >= 4 is 5.97 Å². The molecule has 0 aliphatic carbocycles. The second-order valence-corrected chi connectivity index (χ2v) is 3.77. The number of likely N-dealkylation sites (N-methyl/N-ethyl adjacent to an activating group) is 1. The van der Waals surface area contributed by atoms with E-state index < -0.39 is 0 Å². The summed E-state index contributed by atoms with van der Waals surface area (Å²) in [4.78, 5) is 13.3. The monoisotopic (exact) mass is 186 g/mol. The molecule has 0 unspecified atom stereocenters. The van der Waals surface area contributed by atoms with Crippen molar-refractivity contribution in [1.82, 2.24) is 10.2 Å². The predicted molar refractivity (Wildman–Crippen MR) is 50.5 cm³/mol. The van der Waals surface area contributed by atoms with Crippen LogP contribution in [0.2, 0.25) is 0 Å². The predicted octanol–water partition coefficient (Wildman–Crippen LogP) is -0.158. The second kappa shape index (κ2) is 4.58. The van der Waals surface area contributed by atoms with Gasteiger partial charge in [-0.1, -0.05) is 0 Å². The van der Waals surface area contributed by atoms with E-state index in [9.17, 15) is 4.79 Å². The summed E-state index contributed by atoms with van der Waals surface area (Å²) in [6, 6.07) is 0.500. The zero-order chi connectivity index (χ0) is 9.84. The van der Waals surface area contributed by atoms with Gasteiger partial charge < -0.3 is 10.1 Å². The molecule has 0 aromatic heterocycles. The first-order valence-electron chi connectivity index (χ1n) is 4.70. The van der Waals surface area contributed by atoms with Crippen LogP contribution in [0.4, 0.5) is 0 Å². The van der Waals surface area contributed by atoms with Gasteiger partial charge in [-0.15, -0.1) is 0 Å². The molecule has 1 fully saturated rings. The van der Waals surface area contributed by atoms with E-state index in [0.717, 1.165) is 13.1 Å². The zero-order valence-corrected chi connectivity index (χ0v) is 8.54. The number of carbonyl (C=O) groups is 1. The molecule has 76 valence electrons. The van der Waals surface area contributed by atoms with Crippen LogP contribution in [0, 0.1) is 0 Å². The van der Waals surface area contributed by atoms with Crippen molar-refractivity contribution in [2.24, 2.45) is 0 Å². The van der Waals surface area contributed by atoms with Crippen molar-refractivity contribution in [2.75, 3.05) is 26.7 Å². The second-order valence-electron chi connectivity index (χ2n) is 3.77. The Bertz CT molecular complexity index is 178. The van der Waals surface area contributed by atoms with E-state index in [-0.39, 0.29) is 12.1 Å². The van der Waals surface area contributed by atoms with Gasteiger partial charge >= 0.3 is 5.97 Å². The van der Waals surface area contributed by atoms with Crippen molar-refractivity contribution in [3.05, 3.63) is 0 Å². The number of hydrogen-bond donors (Lipinski definition) is 1. The highest BCUT2D eigenvalue weighted by Gasteiger charge is 2.23. The minimum Gasteiger partial charge on any atom is -0.462 e. The fourth-order valence-electron chi connectivity index (χ4n) is 1.22. The molecule has 1 rings (SSSR count). The van der Waals surface area contributed by atoms with Gasteiger partial charge in [-0.2, -0.15) is 0 Å². The number of carbonyl (C=O) groups excluding carboxylic acids is 1. The van der Waals surface area contributed by atoms with Gasteiger partial charge in [-0.3, -0.25) is 9.69 Å². The quantitative estimate of drug-likeness (QED) is 0.620. The van der Waals surface area contributed by atoms with Gasteiger partial charge in [-0.25, -0.2) is 0 Å². The summed E-state index contributed by atoms with van der Waals surface area (Å²) in [7, 11) is 1.95. The molecule has 1 heterocycles. The summed E-state index contributed by atoms with van der Waals surface area (Å²) in [6.45, 7) is 6.08. The molecule has 0 saturated carbocycles. The van der Waals surface area contributed by atoms with E-state index >= 15 is 0 Å². The molecule has 4 heteroatoms. The molecule has 0 aromatic carbocycles. The highest BCUT2D eigenvalue weighted by Crippen LogP contribution is 2.02. The van der Waals surface area contributed by atoms with Crippen molar-refractivity contribution in [2.45, 2.75) is 26.0 Å². The molecule has 1 aliphatic rings. The number of esters is 1. The normalized spacial score (nSPS) is 17.6. The molecule has 0 radical (unpaired) electrons. The smallest absolute Gasteiger partial charge is 0.320 e. The lowest BCUT2D eigenvalue weighted by Crippen LogP contribution is -2.56. The third-order valence-electron chi connectivity index (χ3n) is 2.13. The summed E-state index contributed by atoms with van der Waals surface area (Å²) in [5.74, 6) is -0.135. The van der Waals surface area contributed by atoms with Crippen LogP contribution in [0.1, 0.15) is 13.8 Å². The largest absolute Gasteiger partial charge is 0.462 e. The average molecular weight is 186 g/mol. The first kappa shape index (κ1) is 10.5. The highest BCUT2D eigenvalue weighted by atomic mass is 16.5. The molecule has 13 heavy (non-hydrogen) atoms. The van der Waals surface area contributed by atoms with E-state index in [4.69, 9.17) is 4.74 Å². The van der Waals surface area contributed by atoms with E-state index in [1.54, 1.807) is 0 Å². The Labute approximate surface area is 79.2 Å². The molecule has 0 atom stereocenters. The molecule has 4 nitrogen and oxygen atoms in total. The number of nitrogens with zero attached hydrogens (tertiary/aromatic N) is 1. The van der Waals surface area contributed by atoms with Gasteiger partial charge in [0.25, 0.3) is 0 Å². The van der Waals surface area contributed by atoms with Crippen LogP contribution in [-0.2, 0) is 9.53 Å². The summed E-state index contributed by atoms with van der Waals surface area (Å²) < 4.78 is 5.04. The van der Waals surface area contributed by atoms with E-state index in [1.165, 1.54) is 0 Å². The Hall–Kier alpha value is -0.610. The Morgan fingerprint density at radius 3 is 2.62 bits per heavy atom. The molecule has 1 aliphatic heterocycles. The summed E-state index contributed by atoms with van der Waals surface area (Å²) in [5.41, 5.74) is 0. The SMILES string of the molecule is CC(C)OC(=O)CN(C)C1CNC1. The summed E-state index contributed by atoms with van der Waals surface area (Å²) in [5, 5.41) is 3.16. The molecular weight excluding hydrogens is 168 g/mol. The lowest BCUT2D eigenvalue weighted by molar-refractivity contribution is -0.149. The van der Waals surface area contributed by atoms with Gasteiger partial charge in [0.1, 0.15) is 0 Å². The lowest BCUT2D eigenvalue weighted by Gasteiger charge is -2.34. The van der Waals surface area contributed by atoms with Crippen molar-refractivity contribution in [3.8, 4) is 0 Å². The molecule has 0 aromatic rings. The first-order chi connectivity index (χ1) is 6.09. The van der Waals surface area contributed by atoms with E-state index in [1.807, 2.05) is 25.8 Å². The molecular formula is C9H18N2O2. The number of nitrogens with one attached hydrogen (secondary N) is 1. The van der Waals surface area contributed by atoms with Gasteiger partial charge in [0.2, 0.25) is 0 Å². The average Bonchev–Trinajstić information content (AvgIpc) is 1.78. The minimum atomic E-state index is -0.135. The molecule has 0 bridgehead atoms. The maximum atomic E-state index is 11.2. The van der Waals surface area contributed by atoms with Crippen molar-refractivity contribution in [1.29, 1.82) is 0 Å².